The van der Waals surface area contributed by atoms with Gasteiger partial charge in [-0.3, -0.25) is 4.79 Å². The molecular weight excluding hydrogens is 348 g/mol. The average Bonchev–Trinajstić information content (AvgIpc) is 3.38. The molecule has 2 saturated carbocycles. The molecule has 0 heterocycles. The van der Waals surface area contributed by atoms with Crippen LogP contribution in [0, 0.1) is 11.8 Å². The van der Waals surface area contributed by atoms with E-state index in [1.165, 1.54) is 25.3 Å². The smallest absolute Gasteiger partial charge is 0.251 e. The molecule has 1 aromatic rings. The van der Waals surface area contributed by atoms with Gasteiger partial charge in [-0.15, -0.1) is 0 Å². The molecule has 6 heteroatoms. The topological polar surface area (TPSA) is 75.3 Å². The number of rotatable bonds is 9. The molecular formula is C20H30N2O3S. The van der Waals surface area contributed by atoms with Crippen LogP contribution in [0.15, 0.2) is 29.2 Å². The van der Waals surface area contributed by atoms with Crippen LogP contribution in [-0.4, -0.2) is 26.9 Å². The van der Waals surface area contributed by atoms with E-state index >= 15 is 0 Å². The van der Waals surface area contributed by atoms with Gasteiger partial charge in [0.25, 0.3) is 5.91 Å². The van der Waals surface area contributed by atoms with Crippen molar-refractivity contribution >= 4 is 15.9 Å². The molecule has 0 aromatic heterocycles. The van der Waals surface area contributed by atoms with Crippen LogP contribution in [-0.2, 0) is 10.0 Å². The van der Waals surface area contributed by atoms with E-state index in [4.69, 9.17) is 0 Å². The third-order valence-corrected chi connectivity index (χ3v) is 6.99. The zero-order chi connectivity index (χ0) is 18.6. The molecule has 2 fully saturated rings. The van der Waals surface area contributed by atoms with Crippen LogP contribution < -0.4 is 10.0 Å². The molecule has 0 spiro atoms. The van der Waals surface area contributed by atoms with Crippen LogP contribution in [0.5, 0.6) is 0 Å². The maximum Gasteiger partial charge on any atom is 0.251 e. The summed E-state index contributed by atoms with van der Waals surface area (Å²) in [5, 5.41) is 3.14. The van der Waals surface area contributed by atoms with Crippen molar-refractivity contribution in [3.63, 3.8) is 0 Å². The molecule has 0 aliphatic heterocycles. The summed E-state index contributed by atoms with van der Waals surface area (Å²) in [6.07, 6.45) is 9.03. The molecule has 0 radical (unpaired) electrons. The van der Waals surface area contributed by atoms with Gasteiger partial charge in [0.05, 0.1) is 4.90 Å². The van der Waals surface area contributed by atoms with Crippen LogP contribution in [0.3, 0.4) is 0 Å². The lowest BCUT2D eigenvalue weighted by molar-refractivity contribution is 0.0926. The Morgan fingerprint density at radius 1 is 1.19 bits per heavy atom. The minimum Gasteiger partial charge on any atom is -0.349 e. The Morgan fingerprint density at radius 2 is 2.00 bits per heavy atom. The maximum atomic E-state index is 12.6. The molecule has 1 aromatic carbocycles. The third-order valence-electron chi connectivity index (χ3n) is 5.57. The second-order valence-corrected chi connectivity index (χ2v) is 9.50. The van der Waals surface area contributed by atoms with E-state index < -0.39 is 10.0 Å². The molecule has 2 atom stereocenters. The van der Waals surface area contributed by atoms with Crippen LogP contribution >= 0.6 is 0 Å². The maximum absolute atomic E-state index is 12.6. The first-order valence-corrected chi connectivity index (χ1v) is 11.4. The first kappa shape index (κ1) is 19.4. The van der Waals surface area contributed by atoms with E-state index in [1.807, 2.05) is 0 Å². The summed E-state index contributed by atoms with van der Waals surface area (Å²) < 4.78 is 27.5. The van der Waals surface area contributed by atoms with Crippen LogP contribution in [0.4, 0.5) is 0 Å². The predicted octanol–water partition coefficient (Wildman–Crippen LogP) is 3.46. The third kappa shape index (κ3) is 5.07. The monoisotopic (exact) mass is 378 g/mol. The number of carbonyl (C=O) groups excluding carboxylic acids is 1. The van der Waals surface area contributed by atoms with Gasteiger partial charge in [0.1, 0.15) is 0 Å². The van der Waals surface area contributed by atoms with Gasteiger partial charge in [0.2, 0.25) is 10.0 Å². The molecule has 3 rings (SSSR count). The normalized spacial score (nSPS) is 23.1. The molecule has 1 amide bonds. The van der Waals surface area contributed by atoms with Gasteiger partial charge < -0.3 is 5.32 Å². The van der Waals surface area contributed by atoms with Crippen molar-refractivity contribution in [1.29, 1.82) is 0 Å². The summed E-state index contributed by atoms with van der Waals surface area (Å²) in [7, 11) is -3.55. The molecule has 2 unspecified atom stereocenters. The second kappa shape index (κ2) is 8.53. The number of sulfonamides is 1. The highest BCUT2D eigenvalue weighted by Gasteiger charge is 2.29. The van der Waals surface area contributed by atoms with Crippen LogP contribution in [0.2, 0.25) is 0 Å². The largest absolute Gasteiger partial charge is 0.349 e. The number of nitrogens with one attached hydrogen (secondary N) is 2. The van der Waals surface area contributed by atoms with E-state index in [9.17, 15) is 13.2 Å². The number of hydrogen-bond donors (Lipinski definition) is 2. The van der Waals surface area contributed by atoms with E-state index in [1.54, 1.807) is 18.2 Å². The Balaban J connectivity index is 1.64. The Kier molecular flexibility index (Phi) is 6.35. The fourth-order valence-corrected chi connectivity index (χ4v) is 4.89. The molecule has 144 valence electrons. The minimum atomic E-state index is -3.55. The first-order valence-electron chi connectivity index (χ1n) is 9.90. The highest BCUT2D eigenvalue weighted by Crippen LogP contribution is 2.30. The fraction of sp³-hybridized carbons (Fsp3) is 0.650. The number of carbonyl (C=O) groups is 1. The van der Waals surface area contributed by atoms with Crippen molar-refractivity contribution in [2.45, 2.75) is 69.2 Å². The first-order chi connectivity index (χ1) is 12.5. The van der Waals surface area contributed by atoms with Gasteiger partial charge in [-0.25, -0.2) is 13.1 Å². The fourth-order valence-electron chi connectivity index (χ4n) is 3.73. The number of unbranched alkanes of at least 4 members (excludes halogenated alkanes) is 1. The van der Waals surface area contributed by atoms with Crippen molar-refractivity contribution in [3.05, 3.63) is 29.8 Å². The molecule has 2 N–H and O–H groups in total. The SMILES string of the molecule is CCCCC1CCCC1NC(=O)c1cccc(S(=O)(=O)NCC2CC2)c1. The molecule has 5 nitrogen and oxygen atoms in total. The summed E-state index contributed by atoms with van der Waals surface area (Å²) in [6, 6.07) is 6.57. The van der Waals surface area contributed by atoms with E-state index in [-0.39, 0.29) is 16.8 Å². The van der Waals surface area contributed by atoms with Gasteiger partial charge in [-0.1, -0.05) is 32.3 Å². The van der Waals surface area contributed by atoms with Gasteiger partial charge in [0, 0.05) is 18.2 Å². The molecule has 0 bridgehead atoms. The van der Waals surface area contributed by atoms with E-state index in [0.717, 1.165) is 32.1 Å². The standard InChI is InChI=1S/C20H30N2O3S/c1-2-3-6-16-7-5-10-19(16)22-20(23)17-8-4-9-18(13-17)26(24,25)21-14-15-11-12-15/h4,8-9,13,15-16,19,21H,2-3,5-7,10-12,14H2,1H3,(H,22,23). The highest BCUT2D eigenvalue weighted by molar-refractivity contribution is 7.89. The summed E-state index contributed by atoms with van der Waals surface area (Å²) >= 11 is 0. The lowest BCUT2D eigenvalue weighted by atomic mass is 9.96. The second-order valence-electron chi connectivity index (χ2n) is 7.74. The lowest BCUT2D eigenvalue weighted by Gasteiger charge is -2.21. The van der Waals surface area contributed by atoms with Gasteiger partial charge in [-0.2, -0.15) is 0 Å². The van der Waals surface area contributed by atoms with E-state index in [2.05, 4.69) is 17.0 Å². The Hall–Kier alpha value is -1.40. The quantitative estimate of drug-likeness (QED) is 0.691. The zero-order valence-corrected chi connectivity index (χ0v) is 16.4. The molecule has 26 heavy (non-hydrogen) atoms. The van der Waals surface area contributed by atoms with Crippen molar-refractivity contribution in [3.8, 4) is 0 Å². The summed E-state index contributed by atoms with van der Waals surface area (Å²) in [5.74, 6) is 0.849. The van der Waals surface area contributed by atoms with Crippen LogP contribution in [0.25, 0.3) is 0 Å². The predicted molar refractivity (Wildman–Crippen MR) is 102 cm³/mol. The van der Waals surface area contributed by atoms with Gasteiger partial charge >= 0.3 is 0 Å². The highest BCUT2D eigenvalue weighted by atomic mass is 32.2. The molecule has 2 aliphatic carbocycles. The van der Waals surface area contributed by atoms with Gasteiger partial charge in [0.15, 0.2) is 0 Å². The number of hydrogen-bond acceptors (Lipinski definition) is 3. The number of benzene rings is 1. The van der Waals surface area contributed by atoms with Crippen molar-refractivity contribution < 1.29 is 13.2 Å². The lowest BCUT2D eigenvalue weighted by Crippen LogP contribution is -2.37. The summed E-state index contributed by atoms with van der Waals surface area (Å²) in [6.45, 7) is 2.67. The van der Waals surface area contributed by atoms with Crippen molar-refractivity contribution in [2.24, 2.45) is 11.8 Å². The molecule has 2 aliphatic rings. The Morgan fingerprint density at radius 3 is 2.73 bits per heavy atom. The molecule has 0 saturated heterocycles. The Labute approximate surface area is 157 Å². The van der Waals surface area contributed by atoms with E-state index in [0.29, 0.717) is 23.9 Å². The van der Waals surface area contributed by atoms with Crippen LogP contribution in [0.1, 0.15) is 68.6 Å². The van der Waals surface area contributed by atoms with Crippen molar-refractivity contribution in [1.82, 2.24) is 10.0 Å². The Bertz CT molecular complexity index is 728. The van der Waals surface area contributed by atoms with Gasteiger partial charge in [-0.05, 0) is 62.1 Å². The minimum absolute atomic E-state index is 0.166. The van der Waals surface area contributed by atoms with Crippen molar-refractivity contribution in [2.75, 3.05) is 6.54 Å². The summed E-state index contributed by atoms with van der Waals surface area (Å²) in [4.78, 5) is 12.8. The summed E-state index contributed by atoms with van der Waals surface area (Å²) in [5.41, 5.74) is 0.417. The number of amides is 1. The average molecular weight is 379 g/mol. The zero-order valence-electron chi connectivity index (χ0n) is 15.5.